The second kappa shape index (κ2) is 6.36. The molecular formula is C15H19NO3. The maximum atomic E-state index is 11.9. The number of hydrogen-bond acceptors (Lipinski definition) is 3. The SMILES string of the molecule is CC(=O)[C@@H]1CCCN(C(=O)OCc2ccccc2)C1. The number of ketones is 1. The predicted molar refractivity (Wildman–Crippen MR) is 71.6 cm³/mol. The summed E-state index contributed by atoms with van der Waals surface area (Å²) in [5.74, 6) is 0.124. The molecule has 1 atom stereocenters. The molecule has 0 unspecified atom stereocenters. The standard InChI is InChI=1S/C15H19NO3/c1-12(17)14-8-5-9-16(10-14)15(18)19-11-13-6-3-2-4-7-13/h2-4,6-7,14H,5,8-11H2,1H3/t14-/m1/s1. The van der Waals surface area contributed by atoms with Gasteiger partial charge in [-0.25, -0.2) is 4.79 Å². The van der Waals surface area contributed by atoms with Crippen LogP contribution in [0.5, 0.6) is 0 Å². The molecule has 0 N–H and O–H groups in total. The van der Waals surface area contributed by atoms with Crippen LogP contribution in [0.25, 0.3) is 0 Å². The monoisotopic (exact) mass is 261 g/mol. The molecule has 1 aromatic rings. The van der Waals surface area contributed by atoms with Gasteiger partial charge in [-0.15, -0.1) is 0 Å². The highest BCUT2D eigenvalue weighted by molar-refractivity contribution is 5.79. The number of carbonyl (C=O) groups excluding carboxylic acids is 2. The summed E-state index contributed by atoms with van der Waals surface area (Å²) in [5, 5.41) is 0. The molecule has 1 aliphatic rings. The number of likely N-dealkylation sites (tertiary alicyclic amines) is 1. The molecule has 4 nitrogen and oxygen atoms in total. The van der Waals surface area contributed by atoms with Crippen molar-refractivity contribution in [2.75, 3.05) is 13.1 Å². The fraction of sp³-hybridized carbons (Fsp3) is 0.467. The summed E-state index contributed by atoms with van der Waals surface area (Å²) in [7, 11) is 0. The van der Waals surface area contributed by atoms with Gasteiger partial charge in [0.25, 0.3) is 0 Å². The molecule has 0 radical (unpaired) electrons. The van der Waals surface area contributed by atoms with Gasteiger partial charge in [-0.05, 0) is 25.3 Å². The number of rotatable bonds is 3. The molecule has 1 heterocycles. The molecular weight excluding hydrogens is 242 g/mol. The van der Waals surface area contributed by atoms with Crippen LogP contribution in [0.3, 0.4) is 0 Å². The Morgan fingerprint density at radius 3 is 2.74 bits per heavy atom. The normalized spacial score (nSPS) is 19.0. The van der Waals surface area contributed by atoms with Crippen LogP contribution in [-0.2, 0) is 16.1 Å². The minimum Gasteiger partial charge on any atom is -0.445 e. The Hall–Kier alpha value is -1.84. The lowest BCUT2D eigenvalue weighted by atomic mass is 9.95. The molecule has 4 heteroatoms. The first-order valence-corrected chi connectivity index (χ1v) is 6.63. The number of piperidine rings is 1. The molecule has 0 aliphatic carbocycles. The Labute approximate surface area is 113 Å². The van der Waals surface area contributed by atoms with Gasteiger partial charge >= 0.3 is 6.09 Å². The topological polar surface area (TPSA) is 46.6 Å². The first-order valence-electron chi connectivity index (χ1n) is 6.63. The van der Waals surface area contributed by atoms with Gasteiger partial charge in [-0.2, -0.15) is 0 Å². The Bertz CT molecular complexity index is 444. The average Bonchev–Trinajstić information content (AvgIpc) is 2.46. The van der Waals surface area contributed by atoms with Gasteiger partial charge in [0.2, 0.25) is 0 Å². The third-order valence-electron chi connectivity index (χ3n) is 3.46. The summed E-state index contributed by atoms with van der Waals surface area (Å²) < 4.78 is 5.27. The molecule has 1 fully saturated rings. The summed E-state index contributed by atoms with van der Waals surface area (Å²) in [4.78, 5) is 24.9. The van der Waals surface area contributed by atoms with Gasteiger partial charge in [-0.3, -0.25) is 4.79 Å². The highest BCUT2D eigenvalue weighted by Crippen LogP contribution is 2.18. The molecule has 1 saturated heterocycles. The third kappa shape index (κ3) is 3.81. The zero-order valence-electron chi connectivity index (χ0n) is 11.2. The average molecular weight is 261 g/mol. The number of nitrogens with zero attached hydrogens (tertiary/aromatic N) is 1. The first kappa shape index (κ1) is 13.6. The van der Waals surface area contributed by atoms with Crippen molar-refractivity contribution in [3.05, 3.63) is 35.9 Å². The minimum absolute atomic E-state index is 0.0296. The fourth-order valence-corrected chi connectivity index (χ4v) is 2.29. The van der Waals surface area contributed by atoms with Gasteiger partial charge in [0.05, 0.1) is 0 Å². The Morgan fingerprint density at radius 1 is 1.32 bits per heavy atom. The zero-order valence-corrected chi connectivity index (χ0v) is 11.2. The highest BCUT2D eigenvalue weighted by Gasteiger charge is 2.26. The molecule has 0 spiro atoms. The van der Waals surface area contributed by atoms with E-state index in [-0.39, 0.29) is 24.4 Å². The van der Waals surface area contributed by atoms with Crippen molar-refractivity contribution in [2.24, 2.45) is 5.92 Å². The number of benzene rings is 1. The van der Waals surface area contributed by atoms with Crippen LogP contribution in [0, 0.1) is 5.92 Å². The molecule has 19 heavy (non-hydrogen) atoms. The zero-order chi connectivity index (χ0) is 13.7. The first-order chi connectivity index (χ1) is 9.16. The summed E-state index contributed by atoms with van der Waals surface area (Å²) >= 11 is 0. The van der Waals surface area contributed by atoms with Crippen LogP contribution in [0.2, 0.25) is 0 Å². The van der Waals surface area contributed by atoms with Crippen molar-refractivity contribution in [3.63, 3.8) is 0 Å². The second-order valence-electron chi connectivity index (χ2n) is 4.94. The third-order valence-corrected chi connectivity index (χ3v) is 3.46. The lowest BCUT2D eigenvalue weighted by molar-refractivity contribution is -0.122. The molecule has 0 aromatic heterocycles. The van der Waals surface area contributed by atoms with Gasteiger partial charge < -0.3 is 9.64 Å². The number of amides is 1. The largest absolute Gasteiger partial charge is 0.445 e. The van der Waals surface area contributed by atoms with Crippen LogP contribution >= 0.6 is 0 Å². The van der Waals surface area contributed by atoms with Crippen molar-refractivity contribution in [2.45, 2.75) is 26.4 Å². The lowest BCUT2D eigenvalue weighted by Crippen LogP contribution is -2.42. The van der Waals surface area contributed by atoms with E-state index in [2.05, 4.69) is 0 Å². The molecule has 1 amide bonds. The van der Waals surface area contributed by atoms with Crippen molar-refractivity contribution in [3.8, 4) is 0 Å². The van der Waals surface area contributed by atoms with Gasteiger partial charge in [0.1, 0.15) is 12.4 Å². The van der Waals surface area contributed by atoms with Crippen molar-refractivity contribution < 1.29 is 14.3 Å². The van der Waals surface area contributed by atoms with Gasteiger partial charge in [0.15, 0.2) is 0 Å². The number of Topliss-reactive ketones (excluding diaryl/α,β-unsaturated/α-hetero) is 1. The lowest BCUT2D eigenvalue weighted by Gasteiger charge is -2.30. The molecule has 1 aliphatic heterocycles. The maximum Gasteiger partial charge on any atom is 0.410 e. The smallest absolute Gasteiger partial charge is 0.410 e. The highest BCUT2D eigenvalue weighted by atomic mass is 16.6. The quantitative estimate of drug-likeness (QED) is 0.840. The van der Waals surface area contributed by atoms with Crippen LogP contribution in [0.1, 0.15) is 25.3 Å². The molecule has 0 saturated carbocycles. The predicted octanol–water partition coefficient (Wildman–Crippen LogP) is 2.62. The van der Waals surface area contributed by atoms with Gasteiger partial charge in [0, 0.05) is 19.0 Å². The summed E-state index contributed by atoms with van der Waals surface area (Å²) in [5.41, 5.74) is 0.968. The van der Waals surface area contributed by atoms with Crippen LogP contribution < -0.4 is 0 Å². The van der Waals surface area contributed by atoms with E-state index >= 15 is 0 Å². The number of carbonyl (C=O) groups is 2. The Morgan fingerprint density at radius 2 is 2.05 bits per heavy atom. The van der Waals surface area contributed by atoms with Crippen LogP contribution in [0.4, 0.5) is 4.79 Å². The van der Waals surface area contributed by atoms with Crippen LogP contribution in [-0.4, -0.2) is 29.9 Å². The van der Waals surface area contributed by atoms with E-state index in [0.717, 1.165) is 18.4 Å². The molecule has 2 rings (SSSR count). The van der Waals surface area contributed by atoms with E-state index in [4.69, 9.17) is 4.74 Å². The summed E-state index contributed by atoms with van der Waals surface area (Å²) in [6.45, 7) is 3.03. The van der Waals surface area contributed by atoms with Crippen molar-refractivity contribution in [1.82, 2.24) is 4.90 Å². The van der Waals surface area contributed by atoms with E-state index in [0.29, 0.717) is 13.1 Å². The molecule has 0 bridgehead atoms. The van der Waals surface area contributed by atoms with E-state index in [1.54, 1.807) is 11.8 Å². The van der Waals surface area contributed by atoms with E-state index in [1.165, 1.54) is 0 Å². The minimum atomic E-state index is -0.324. The Kier molecular flexibility index (Phi) is 4.55. The maximum absolute atomic E-state index is 11.9. The number of hydrogen-bond donors (Lipinski definition) is 0. The van der Waals surface area contributed by atoms with Crippen molar-refractivity contribution in [1.29, 1.82) is 0 Å². The van der Waals surface area contributed by atoms with Gasteiger partial charge in [-0.1, -0.05) is 30.3 Å². The fourth-order valence-electron chi connectivity index (χ4n) is 2.29. The molecule has 102 valence electrons. The summed E-state index contributed by atoms with van der Waals surface area (Å²) in [6.07, 6.45) is 1.41. The molecule has 1 aromatic carbocycles. The van der Waals surface area contributed by atoms with E-state index in [9.17, 15) is 9.59 Å². The van der Waals surface area contributed by atoms with E-state index in [1.807, 2.05) is 30.3 Å². The second-order valence-corrected chi connectivity index (χ2v) is 4.94. The van der Waals surface area contributed by atoms with Crippen molar-refractivity contribution >= 4 is 11.9 Å². The number of ether oxygens (including phenoxy) is 1. The van der Waals surface area contributed by atoms with Crippen LogP contribution in [0.15, 0.2) is 30.3 Å². The van der Waals surface area contributed by atoms with E-state index < -0.39 is 0 Å². The summed E-state index contributed by atoms with van der Waals surface area (Å²) in [6, 6.07) is 9.59. The Balaban J connectivity index is 1.84.